The lowest BCUT2D eigenvalue weighted by Crippen LogP contribution is -2.24. The molecule has 1 heterocycles. The SMILES string of the molecule is CCC1(CC)c2cc(-c3ccc(/C=C(\C#N)C(=O)O)s3)ccc2-c2ccc(N(c3ccccc3)c3ccc4c(c3)C(CC)(CC)c3cc(N(c5ccccc5)c5ccccc5)ccc3-4)cc21. The summed E-state index contributed by atoms with van der Waals surface area (Å²) in [6, 6.07) is 65.9. The van der Waals surface area contributed by atoms with Crippen molar-refractivity contribution in [2.24, 2.45) is 0 Å². The van der Waals surface area contributed by atoms with Gasteiger partial charge in [0, 0.05) is 54.7 Å². The molecule has 0 saturated heterocycles. The van der Waals surface area contributed by atoms with Crippen molar-refractivity contribution in [3.8, 4) is 38.8 Å². The highest BCUT2D eigenvalue weighted by atomic mass is 32.1. The van der Waals surface area contributed by atoms with E-state index in [0.29, 0.717) is 0 Å². The number of rotatable bonds is 13. The van der Waals surface area contributed by atoms with E-state index in [-0.39, 0.29) is 16.4 Å². The standard InChI is InChI=1S/C60H51N3O2S/c1-5-59(6-2)53-35-40(57-33-28-48(66-57)34-41(39-61)58(64)65)24-29-49(53)50-31-26-46(37-54(50)59)63(44-22-16-11-17-23-44)47-27-32-52-51-30-25-45(36-55(51)60(7-3,8-4)56(52)38-47)62(42-18-12-9-13-19-42)43-20-14-10-15-21-43/h9-38H,5-8H2,1-4H3,(H,64,65)/b41-34+. The van der Waals surface area contributed by atoms with Gasteiger partial charge in [-0.25, -0.2) is 4.79 Å². The van der Waals surface area contributed by atoms with Gasteiger partial charge >= 0.3 is 5.97 Å². The van der Waals surface area contributed by atoms with Gasteiger partial charge < -0.3 is 14.9 Å². The second-order valence-electron chi connectivity index (χ2n) is 17.4. The topological polar surface area (TPSA) is 67.6 Å². The molecular weight excluding hydrogens is 827 g/mol. The van der Waals surface area contributed by atoms with E-state index in [1.807, 2.05) is 12.1 Å². The summed E-state index contributed by atoms with van der Waals surface area (Å²) in [6.45, 7) is 9.30. The summed E-state index contributed by atoms with van der Waals surface area (Å²) in [5.41, 5.74) is 17.8. The predicted molar refractivity (Wildman–Crippen MR) is 274 cm³/mol. The van der Waals surface area contributed by atoms with Gasteiger partial charge in [-0.05, 0) is 173 Å². The van der Waals surface area contributed by atoms with E-state index in [1.54, 1.807) is 6.07 Å². The molecule has 0 bridgehead atoms. The smallest absolute Gasteiger partial charge is 0.346 e. The molecule has 0 aliphatic heterocycles. The Bertz CT molecular complexity index is 3150. The van der Waals surface area contributed by atoms with Crippen LogP contribution >= 0.6 is 11.3 Å². The molecule has 2 aliphatic rings. The van der Waals surface area contributed by atoms with Crippen LogP contribution in [0.5, 0.6) is 0 Å². The Balaban J connectivity index is 1.06. The van der Waals surface area contributed by atoms with Gasteiger partial charge in [0.1, 0.15) is 11.6 Å². The van der Waals surface area contributed by atoms with E-state index in [2.05, 4.69) is 201 Å². The number of carboxylic acid groups (broad SMARTS) is 1. The number of nitriles is 1. The maximum Gasteiger partial charge on any atom is 0.346 e. The number of hydrogen-bond donors (Lipinski definition) is 1. The Kier molecular flexibility index (Phi) is 11.0. The number of thiophene rings is 1. The van der Waals surface area contributed by atoms with Crippen LogP contribution in [0, 0.1) is 11.3 Å². The summed E-state index contributed by atoms with van der Waals surface area (Å²) >= 11 is 1.50. The van der Waals surface area contributed by atoms with Crippen LogP contribution in [0.2, 0.25) is 0 Å². The lowest BCUT2D eigenvalue weighted by molar-refractivity contribution is -0.132. The number of para-hydroxylation sites is 3. The Morgan fingerprint density at radius 1 is 0.515 bits per heavy atom. The summed E-state index contributed by atoms with van der Waals surface area (Å²) in [5, 5.41) is 18.8. The van der Waals surface area contributed by atoms with Crippen LogP contribution in [0.15, 0.2) is 181 Å². The zero-order valence-corrected chi connectivity index (χ0v) is 38.6. The van der Waals surface area contributed by atoms with Crippen molar-refractivity contribution in [1.82, 2.24) is 0 Å². The number of anilines is 6. The van der Waals surface area contributed by atoms with Crippen LogP contribution < -0.4 is 9.80 Å². The van der Waals surface area contributed by atoms with Crippen LogP contribution in [-0.4, -0.2) is 11.1 Å². The summed E-state index contributed by atoms with van der Waals surface area (Å²) in [5.74, 6) is -1.22. The van der Waals surface area contributed by atoms with Crippen LogP contribution in [0.4, 0.5) is 34.1 Å². The normalized spacial score (nSPS) is 13.8. The van der Waals surface area contributed by atoms with Gasteiger partial charge in [-0.1, -0.05) is 113 Å². The Hall–Kier alpha value is -7.46. The third-order valence-corrected chi connectivity index (χ3v) is 15.5. The van der Waals surface area contributed by atoms with Crippen molar-refractivity contribution in [2.75, 3.05) is 9.80 Å². The summed E-state index contributed by atoms with van der Waals surface area (Å²) in [4.78, 5) is 18.2. The first-order valence-electron chi connectivity index (χ1n) is 23.1. The summed E-state index contributed by atoms with van der Waals surface area (Å²) in [7, 11) is 0. The molecule has 6 heteroatoms. The van der Waals surface area contributed by atoms with E-state index in [1.165, 1.54) is 61.9 Å². The van der Waals surface area contributed by atoms with E-state index in [4.69, 9.17) is 0 Å². The van der Waals surface area contributed by atoms with Crippen LogP contribution in [0.1, 0.15) is 80.5 Å². The molecule has 0 fully saturated rings. The minimum Gasteiger partial charge on any atom is -0.477 e. The minimum atomic E-state index is -1.22. The molecule has 1 N–H and O–H groups in total. The fourth-order valence-electron chi connectivity index (χ4n) is 11.0. The molecule has 1 aromatic heterocycles. The van der Waals surface area contributed by atoms with Gasteiger partial charge in [0.2, 0.25) is 0 Å². The first-order chi connectivity index (χ1) is 32.3. The highest BCUT2D eigenvalue weighted by molar-refractivity contribution is 7.16. The molecule has 0 saturated carbocycles. The molecule has 7 aromatic carbocycles. The Labute approximate surface area is 392 Å². The molecule has 0 atom stereocenters. The van der Waals surface area contributed by atoms with Crippen molar-refractivity contribution in [2.45, 2.75) is 64.2 Å². The summed E-state index contributed by atoms with van der Waals surface area (Å²) < 4.78 is 0. The van der Waals surface area contributed by atoms with Gasteiger partial charge in [-0.2, -0.15) is 5.26 Å². The number of nitrogens with zero attached hydrogens (tertiary/aromatic N) is 3. The lowest BCUT2D eigenvalue weighted by atomic mass is 9.73. The Morgan fingerprint density at radius 3 is 1.27 bits per heavy atom. The van der Waals surface area contributed by atoms with Crippen molar-refractivity contribution in [1.29, 1.82) is 5.26 Å². The van der Waals surface area contributed by atoms with Gasteiger partial charge in [-0.3, -0.25) is 0 Å². The Morgan fingerprint density at radius 2 is 0.894 bits per heavy atom. The third-order valence-electron chi connectivity index (χ3n) is 14.5. The van der Waals surface area contributed by atoms with E-state index < -0.39 is 5.97 Å². The molecule has 8 aromatic rings. The molecular formula is C60H51N3O2S. The zero-order chi connectivity index (χ0) is 45.6. The number of benzene rings is 7. The maximum absolute atomic E-state index is 11.6. The summed E-state index contributed by atoms with van der Waals surface area (Å²) in [6.07, 6.45) is 5.27. The number of fused-ring (bicyclic) bond motifs is 6. The minimum absolute atomic E-state index is 0.178. The molecule has 0 unspecified atom stereocenters. The zero-order valence-electron chi connectivity index (χ0n) is 37.8. The maximum atomic E-state index is 11.6. The largest absolute Gasteiger partial charge is 0.477 e. The highest BCUT2D eigenvalue weighted by Gasteiger charge is 2.43. The number of hydrogen-bond acceptors (Lipinski definition) is 5. The molecule has 5 nitrogen and oxygen atoms in total. The number of carboxylic acids is 1. The highest BCUT2D eigenvalue weighted by Crippen LogP contribution is 2.58. The van der Waals surface area contributed by atoms with Gasteiger partial charge in [0.25, 0.3) is 0 Å². The van der Waals surface area contributed by atoms with Crippen LogP contribution in [0.25, 0.3) is 38.8 Å². The molecule has 10 rings (SSSR count). The van der Waals surface area contributed by atoms with Gasteiger partial charge in [-0.15, -0.1) is 11.3 Å². The third kappa shape index (κ3) is 6.85. The van der Waals surface area contributed by atoms with Crippen molar-refractivity contribution < 1.29 is 9.90 Å². The lowest BCUT2D eigenvalue weighted by Gasteiger charge is -2.33. The van der Waals surface area contributed by atoms with Crippen LogP contribution in [0.3, 0.4) is 0 Å². The molecule has 66 heavy (non-hydrogen) atoms. The number of aliphatic carboxylic acids is 1. The van der Waals surface area contributed by atoms with Crippen molar-refractivity contribution in [3.63, 3.8) is 0 Å². The molecule has 0 spiro atoms. The fraction of sp³-hybridized carbons (Fsp3) is 0.167. The molecule has 2 aliphatic carbocycles. The first kappa shape index (κ1) is 42.5. The average molecular weight is 878 g/mol. The molecule has 324 valence electrons. The first-order valence-corrected chi connectivity index (χ1v) is 23.9. The van der Waals surface area contributed by atoms with E-state index in [9.17, 15) is 15.2 Å². The van der Waals surface area contributed by atoms with Gasteiger partial charge in [0.05, 0.1) is 0 Å². The predicted octanol–water partition coefficient (Wildman–Crippen LogP) is 16.5. The van der Waals surface area contributed by atoms with E-state index in [0.717, 1.165) is 75.1 Å². The molecule has 0 amide bonds. The quantitative estimate of drug-likeness (QED) is 0.0923. The van der Waals surface area contributed by atoms with Gasteiger partial charge in [0.15, 0.2) is 0 Å². The average Bonchev–Trinajstić information content (AvgIpc) is 4.03. The molecule has 0 radical (unpaired) electrons. The number of carbonyl (C=O) groups is 1. The second kappa shape index (κ2) is 17.2. The second-order valence-corrected chi connectivity index (χ2v) is 18.5. The van der Waals surface area contributed by atoms with Crippen molar-refractivity contribution >= 4 is 57.5 Å². The fourth-order valence-corrected chi connectivity index (χ4v) is 12.0. The van der Waals surface area contributed by atoms with E-state index >= 15 is 0 Å². The van der Waals surface area contributed by atoms with Crippen molar-refractivity contribution in [3.05, 3.63) is 209 Å². The monoisotopic (exact) mass is 877 g/mol. The van der Waals surface area contributed by atoms with Crippen LogP contribution in [-0.2, 0) is 15.6 Å².